The van der Waals surface area contributed by atoms with Crippen molar-refractivity contribution in [3.05, 3.63) is 70.8 Å². The van der Waals surface area contributed by atoms with Crippen LogP contribution in [0.3, 0.4) is 0 Å². The average molecular weight is 556 g/mol. The average Bonchev–Trinajstić information content (AvgIpc) is 2.91. The summed E-state index contributed by atoms with van der Waals surface area (Å²) >= 11 is 0. The number of esters is 2. The Morgan fingerprint density at radius 3 is 2.38 bits per heavy atom. The van der Waals surface area contributed by atoms with Gasteiger partial charge < -0.3 is 24.4 Å². The Morgan fingerprint density at radius 1 is 1.07 bits per heavy atom. The number of alkyl carbamates (subject to hydrolysis) is 1. The van der Waals surface area contributed by atoms with E-state index in [1.807, 2.05) is 24.0 Å². The summed E-state index contributed by atoms with van der Waals surface area (Å²) in [6.07, 6.45) is 0.438. The third-order valence-corrected chi connectivity index (χ3v) is 5.06. The maximum Gasteiger partial charge on any atom is 0.407 e. The molecule has 13 heteroatoms. The molecule has 2 rings (SSSR count). The zero-order chi connectivity index (χ0) is 29.7. The Hall–Kier alpha value is -4.81. The minimum Gasteiger partial charge on any atom is -0.461 e. The van der Waals surface area contributed by atoms with Gasteiger partial charge >= 0.3 is 18.0 Å². The van der Waals surface area contributed by atoms with Crippen LogP contribution in [0, 0.1) is 10.1 Å². The van der Waals surface area contributed by atoms with E-state index in [1.54, 1.807) is 32.9 Å². The number of non-ortho nitro benzene ring substituents is 1. The number of carbonyl (C=O) groups excluding carboxylic acids is 3. The Balaban J connectivity index is 2.09. The third kappa shape index (κ3) is 10.5. The van der Waals surface area contributed by atoms with E-state index in [-0.39, 0.29) is 36.7 Å². The van der Waals surface area contributed by atoms with Crippen molar-refractivity contribution in [1.29, 1.82) is 0 Å². The predicted molar refractivity (Wildman–Crippen MR) is 147 cm³/mol. The van der Waals surface area contributed by atoms with Crippen molar-refractivity contribution in [2.75, 3.05) is 37.7 Å². The highest BCUT2D eigenvalue weighted by atomic mass is 16.6. The number of rotatable bonds is 13. The van der Waals surface area contributed by atoms with Crippen LogP contribution in [0.15, 0.2) is 65.3 Å². The van der Waals surface area contributed by atoms with E-state index in [0.29, 0.717) is 18.8 Å². The van der Waals surface area contributed by atoms with Crippen LogP contribution in [0.1, 0.15) is 38.1 Å². The summed E-state index contributed by atoms with van der Waals surface area (Å²) in [5, 5.41) is 21.9. The van der Waals surface area contributed by atoms with E-state index in [0.717, 1.165) is 17.8 Å². The zero-order valence-electron chi connectivity index (χ0n) is 22.9. The lowest BCUT2D eigenvalue weighted by Gasteiger charge is -2.22. The second kappa shape index (κ2) is 15.0. The molecule has 0 saturated carbocycles. The van der Waals surface area contributed by atoms with E-state index in [4.69, 9.17) is 14.2 Å². The normalized spacial score (nSPS) is 11.0. The summed E-state index contributed by atoms with van der Waals surface area (Å²) in [7, 11) is 0. The number of hydrogen-bond donors (Lipinski definition) is 1. The molecule has 1 N–H and O–H groups in total. The Bertz CT molecular complexity index is 1240. The number of amides is 1. The summed E-state index contributed by atoms with van der Waals surface area (Å²) in [6, 6.07) is 10.6. The number of nitrogens with one attached hydrogen (secondary N) is 1. The van der Waals surface area contributed by atoms with Gasteiger partial charge in [-0.25, -0.2) is 14.4 Å². The molecular weight excluding hydrogens is 522 g/mol. The standard InChI is InChI=1S/C27H33N5O8/c1-6-24(33)38-17-15-31(7-2)20-10-8-19(9-11-20)29-30-23-13-12-21(32(36)37)18-22(23)25(34)39-16-14-28-26(35)40-27(3,4)5/h6,8-13,18H,1,7,14-17H2,2-5H3,(H,28,35)/b30-29+. The topological polar surface area (TPSA) is 162 Å². The van der Waals surface area contributed by atoms with Crippen molar-refractivity contribution in [1.82, 2.24) is 5.32 Å². The van der Waals surface area contributed by atoms with Gasteiger partial charge in [-0.2, -0.15) is 5.11 Å². The van der Waals surface area contributed by atoms with Crippen LogP contribution in [-0.2, 0) is 19.0 Å². The highest BCUT2D eigenvalue weighted by molar-refractivity contribution is 5.95. The van der Waals surface area contributed by atoms with Crippen LogP contribution in [0.25, 0.3) is 0 Å². The molecule has 2 aromatic rings. The molecule has 0 spiro atoms. The lowest BCUT2D eigenvalue weighted by Crippen LogP contribution is -2.34. The van der Waals surface area contributed by atoms with Gasteiger partial charge in [0.05, 0.1) is 29.3 Å². The molecule has 0 atom stereocenters. The lowest BCUT2D eigenvalue weighted by molar-refractivity contribution is -0.384. The van der Waals surface area contributed by atoms with Crippen molar-refractivity contribution in [3.8, 4) is 0 Å². The smallest absolute Gasteiger partial charge is 0.407 e. The first-order valence-electron chi connectivity index (χ1n) is 12.4. The number of nitro benzene ring substituents is 1. The molecule has 214 valence electrons. The van der Waals surface area contributed by atoms with Crippen LogP contribution in [0.5, 0.6) is 0 Å². The molecule has 0 saturated heterocycles. The maximum atomic E-state index is 12.7. The van der Waals surface area contributed by atoms with Gasteiger partial charge in [-0.05, 0) is 58.0 Å². The minimum atomic E-state index is -0.866. The van der Waals surface area contributed by atoms with E-state index < -0.39 is 28.6 Å². The molecule has 0 aromatic heterocycles. The van der Waals surface area contributed by atoms with Gasteiger partial charge in [0, 0.05) is 30.4 Å². The predicted octanol–water partition coefficient (Wildman–Crippen LogP) is 5.25. The number of anilines is 1. The van der Waals surface area contributed by atoms with Gasteiger partial charge in [0.25, 0.3) is 5.69 Å². The first-order valence-corrected chi connectivity index (χ1v) is 12.4. The molecular formula is C27H33N5O8. The van der Waals surface area contributed by atoms with E-state index in [1.165, 1.54) is 12.1 Å². The Kier molecular flexibility index (Phi) is 11.7. The maximum absolute atomic E-state index is 12.7. The second-order valence-corrected chi connectivity index (χ2v) is 9.19. The summed E-state index contributed by atoms with van der Waals surface area (Å²) in [4.78, 5) is 48.3. The van der Waals surface area contributed by atoms with E-state index >= 15 is 0 Å². The third-order valence-electron chi connectivity index (χ3n) is 5.06. The van der Waals surface area contributed by atoms with Crippen molar-refractivity contribution in [2.45, 2.75) is 33.3 Å². The number of azo groups is 1. The van der Waals surface area contributed by atoms with Crippen molar-refractivity contribution in [2.24, 2.45) is 10.2 Å². The molecule has 0 unspecified atom stereocenters. The fourth-order valence-electron chi connectivity index (χ4n) is 3.20. The number of nitrogens with zero attached hydrogens (tertiary/aromatic N) is 4. The minimum absolute atomic E-state index is 0.0236. The number of hydrogen-bond acceptors (Lipinski definition) is 11. The van der Waals surface area contributed by atoms with E-state index in [9.17, 15) is 24.5 Å². The van der Waals surface area contributed by atoms with E-state index in [2.05, 4.69) is 22.1 Å². The number of ether oxygens (including phenoxy) is 3. The first kappa shape index (κ1) is 31.4. The second-order valence-electron chi connectivity index (χ2n) is 9.19. The zero-order valence-corrected chi connectivity index (χ0v) is 22.9. The summed E-state index contributed by atoms with van der Waals surface area (Å²) in [5.74, 6) is -1.35. The van der Waals surface area contributed by atoms with Crippen LogP contribution in [0.4, 0.5) is 27.5 Å². The molecule has 13 nitrogen and oxygen atoms in total. The van der Waals surface area contributed by atoms with Crippen molar-refractivity contribution >= 4 is 40.8 Å². The number of carbonyl (C=O) groups is 3. The Morgan fingerprint density at radius 2 is 1.77 bits per heavy atom. The highest BCUT2D eigenvalue weighted by Crippen LogP contribution is 2.28. The largest absolute Gasteiger partial charge is 0.461 e. The fourth-order valence-corrected chi connectivity index (χ4v) is 3.20. The molecule has 2 aromatic carbocycles. The molecule has 0 radical (unpaired) electrons. The summed E-state index contributed by atoms with van der Waals surface area (Å²) in [5.41, 5.74) is 0.256. The van der Waals surface area contributed by atoms with Crippen molar-refractivity contribution < 1.29 is 33.5 Å². The fraction of sp³-hybridized carbons (Fsp3) is 0.370. The molecule has 0 bridgehead atoms. The van der Waals surface area contributed by atoms with Crippen LogP contribution in [0.2, 0.25) is 0 Å². The van der Waals surface area contributed by atoms with Gasteiger partial charge in [-0.1, -0.05) is 6.58 Å². The molecule has 0 aliphatic heterocycles. The van der Waals surface area contributed by atoms with Crippen LogP contribution < -0.4 is 10.2 Å². The first-order chi connectivity index (χ1) is 18.9. The lowest BCUT2D eigenvalue weighted by atomic mass is 10.1. The van der Waals surface area contributed by atoms with Gasteiger partial charge in [0.1, 0.15) is 24.5 Å². The van der Waals surface area contributed by atoms with Crippen molar-refractivity contribution in [3.63, 3.8) is 0 Å². The van der Waals surface area contributed by atoms with Gasteiger partial charge in [-0.3, -0.25) is 10.1 Å². The highest BCUT2D eigenvalue weighted by Gasteiger charge is 2.19. The molecule has 40 heavy (non-hydrogen) atoms. The van der Waals surface area contributed by atoms with Crippen LogP contribution >= 0.6 is 0 Å². The molecule has 0 heterocycles. The number of nitro groups is 1. The SMILES string of the molecule is C=CC(=O)OCCN(CC)c1ccc(/N=N/c2ccc([N+](=O)[O-])cc2C(=O)OCCNC(=O)OC(C)(C)C)cc1. The van der Waals surface area contributed by atoms with Crippen LogP contribution in [-0.4, -0.2) is 61.4 Å². The Labute approximate surface area is 232 Å². The van der Waals surface area contributed by atoms with Gasteiger partial charge in [0.15, 0.2) is 0 Å². The molecule has 0 fully saturated rings. The van der Waals surface area contributed by atoms with Gasteiger partial charge in [0.2, 0.25) is 0 Å². The number of benzene rings is 2. The molecule has 0 aliphatic carbocycles. The molecule has 1 amide bonds. The summed E-state index contributed by atoms with van der Waals surface area (Å²) < 4.78 is 15.3. The number of likely N-dealkylation sites (N-methyl/N-ethyl adjacent to an activating group) is 1. The quantitative estimate of drug-likeness (QED) is 0.0662. The molecule has 0 aliphatic rings. The summed E-state index contributed by atoms with van der Waals surface area (Å²) in [6.45, 7) is 11.6. The van der Waals surface area contributed by atoms with Gasteiger partial charge in [-0.15, -0.1) is 5.11 Å². The monoisotopic (exact) mass is 555 g/mol.